The smallest absolute Gasteiger partial charge is 0.348 e. The topological polar surface area (TPSA) is 112 Å². The second kappa shape index (κ2) is 11.3. The van der Waals surface area contributed by atoms with E-state index in [0.29, 0.717) is 16.5 Å². The highest BCUT2D eigenvalue weighted by Gasteiger charge is 2.27. The van der Waals surface area contributed by atoms with Crippen molar-refractivity contribution in [2.45, 2.75) is 32.9 Å². The standard InChI is InChI=1S/C23H26N4O5S2/c1-6-31-21(29)17-14(4)18(22(30)32-7-2)34-20(17)24-16(28)12-33-23-26-25-19(27(23)5)15-11-9-8-10-13(15)3/h8-11H,6-7,12H2,1-5H3,(H,24,28). The van der Waals surface area contributed by atoms with Gasteiger partial charge in [0.2, 0.25) is 5.91 Å². The summed E-state index contributed by atoms with van der Waals surface area (Å²) in [7, 11) is 1.84. The van der Waals surface area contributed by atoms with Crippen LogP contribution in [0.1, 0.15) is 45.0 Å². The number of esters is 2. The zero-order valence-electron chi connectivity index (χ0n) is 19.6. The lowest BCUT2D eigenvalue weighted by Crippen LogP contribution is -2.16. The van der Waals surface area contributed by atoms with E-state index in [-0.39, 0.29) is 40.3 Å². The highest BCUT2D eigenvalue weighted by molar-refractivity contribution is 7.99. The molecule has 0 saturated carbocycles. The van der Waals surface area contributed by atoms with Crippen molar-refractivity contribution in [2.24, 2.45) is 7.05 Å². The van der Waals surface area contributed by atoms with Crippen molar-refractivity contribution >= 4 is 45.9 Å². The highest BCUT2D eigenvalue weighted by atomic mass is 32.2. The lowest BCUT2D eigenvalue weighted by molar-refractivity contribution is -0.113. The third kappa shape index (κ3) is 5.48. The number of thioether (sulfide) groups is 1. The summed E-state index contributed by atoms with van der Waals surface area (Å²) in [5.74, 6) is -0.765. The van der Waals surface area contributed by atoms with Gasteiger partial charge >= 0.3 is 11.9 Å². The molecule has 0 saturated heterocycles. The van der Waals surface area contributed by atoms with Crippen molar-refractivity contribution < 1.29 is 23.9 Å². The number of anilines is 1. The summed E-state index contributed by atoms with van der Waals surface area (Å²) in [5, 5.41) is 12.0. The Morgan fingerprint density at radius 1 is 1.06 bits per heavy atom. The van der Waals surface area contributed by atoms with E-state index in [2.05, 4.69) is 15.5 Å². The maximum atomic E-state index is 12.7. The van der Waals surface area contributed by atoms with E-state index >= 15 is 0 Å². The number of amides is 1. The van der Waals surface area contributed by atoms with E-state index in [0.717, 1.165) is 22.5 Å². The summed E-state index contributed by atoms with van der Waals surface area (Å²) >= 11 is 2.21. The maximum absolute atomic E-state index is 12.7. The lowest BCUT2D eigenvalue weighted by atomic mass is 10.1. The number of ether oxygens (including phenoxy) is 2. The molecule has 0 unspecified atom stereocenters. The number of carbonyl (C=O) groups is 3. The van der Waals surface area contributed by atoms with E-state index in [1.807, 2.05) is 42.8 Å². The molecule has 0 fully saturated rings. The number of aromatic nitrogens is 3. The van der Waals surface area contributed by atoms with Crippen LogP contribution in [0.4, 0.5) is 5.00 Å². The number of carbonyl (C=O) groups excluding carboxylic acids is 3. The molecule has 9 nitrogen and oxygen atoms in total. The van der Waals surface area contributed by atoms with E-state index in [4.69, 9.17) is 9.47 Å². The third-order valence-corrected chi connectivity index (χ3v) is 7.10. The molecule has 0 aliphatic carbocycles. The Balaban J connectivity index is 1.76. The molecule has 3 aromatic rings. The Morgan fingerprint density at radius 2 is 1.74 bits per heavy atom. The molecule has 0 bridgehead atoms. The number of hydrogen-bond acceptors (Lipinski definition) is 9. The molecule has 0 radical (unpaired) electrons. The Bertz CT molecular complexity index is 1220. The van der Waals surface area contributed by atoms with Crippen molar-refractivity contribution in [3.63, 3.8) is 0 Å². The van der Waals surface area contributed by atoms with Crippen molar-refractivity contribution in [1.29, 1.82) is 0 Å². The van der Waals surface area contributed by atoms with Crippen LogP contribution in [0.15, 0.2) is 29.4 Å². The molecule has 180 valence electrons. The van der Waals surface area contributed by atoms with Crippen LogP contribution >= 0.6 is 23.1 Å². The molecule has 3 rings (SSSR count). The summed E-state index contributed by atoms with van der Waals surface area (Å²) in [5.41, 5.74) is 2.62. The largest absolute Gasteiger partial charge is 0.462 e. The van der Waals surface area contributed by atoms with Crippen LogP contribution < -0.4 is 5.32 Å². The van der Waals surface area contributed by atoms with Gasteiger partial charge in [-0.1, -0.05) is 36.0 Å². The van der Waals surface area contributed by atoms with Crippen LogP contribution in [0.25, 0.3) is 11.4 Å². The van der Waals surface area contributed by atoms with Crippen LogP contribution in [0, 0.1) is 13.8 Å². The quantitative estimate of drug-likeness (QED) is 0.341. The third-order valence-electron chi connectivity index (χ3n) is 4.89. The van der Waals surface area contributed by atoms with Crippen LogP contribution in [0.3, 0.4) is 0 Å². The number of thiophene rings is 1. The predicted molar refractivity (Wildman–Crippen MR) is 131 cm³/mol. The predicted octanol–water partition coefficient (Wildman–Crippen LogP) is 4.24. The average Bonchev–Trinajstić information content (AvgIpc) is 3.32. The molecule has 0 aliphatic rings. The monoisotopic (exact) mass is 502 g/mol. The summed E-state index contributed by atoms with van der Waals surface area (Å²) in [6.45, 7) is 7.38. The molecule has 1 amide bonds. The SMILES string of the molecule is CCOC(=O)c1sc(NC(=O)CSc2nnc(-c3ccccc3C)n2C)c(C(=O)OCC)c1C. The molecule has 11 heteroatoms. The number of rotatable bonds is 9. The van der Waals surface area contributed by atoms with Gasteiger partial charge in [-0.3, -0.25) is 4.79 Å². The van der Waals surface area contributed by atoms with Crippen molar-refractivity contribution in [3.8, 4) is 11.4 Å². The van der Waals surface area contributed by atoms with Crippen molar-refractivity contribution in [3.05, 3.63) is 45.8 Å². The van der Waals surface area contributed by atoms with Gasteiger partial charge in [-0.15, -0.1) is 21.5 Å². The summed E-state index contributed by atoms with van der Waals surface area (Å²) in [6, 6.07) is 7.86. The van der Waals surface area contributed by atoms with Crippen molar-refractivity contribution in [2.75, 3.05) is 24.3 Å². The fourth-order valence-corrected chi connectivity index (χ4v) is 5.05. The fraction of sp³-hybridized carbons (Fsp3) is 0.348. The number of nitrogens with zero attached hydrogens (tertiary/aromatic N) is 3. The molecule has 2 heterocycles. The van der Waals surface area contributed by atoms with Gasteiger partial charge in [0.1, 0.15) is 9.88 Å². The van der Waals surface area contributed by atoms with Crippen LogP contribution in [-0.2, 0) is 21.3 Å². The molecule has 1 N–H and O–H groups in total. The number of hydrogen-bond donors (Lipinski definition) is 1. The van der Waals surface area contributed by atoms with Gasteiger partial charge in [-0.05, 0) is 38.8 Å². The van der Waals surface area contributed by atoms with Crippen LogP contribution in [-0.4, -0.2) is 51.6 Å². The van der Waals surface area contributed by atoms with Gasteiger partial charge in [0.05, 0.1) is 24.5 Å². The molecular formula is C23H26N4O5S2. The van der Waals surface area contributed by atoms with Gasteiger partial charge < -0.3 is 19.4 Å². The van der Waals surface area contributed by atoms with Crippen LogP contribution in [0.5, 0.6) is 0 Å². The second-order valence-electron chi connectivity index (χ2n) is 7.22. The first-order valence-electron chi connectivity index (χ1n) is 10.6. The fourth-order valence-electron chi connectivity index (χ4n) is 3.23. The number of benzene rings is 1. The second-order valence-corrected chi connectivity index (χ2v) is 9.18. The highest BCUT2D eigenvalue weighted by Crippen LogP contribution is 2.34. The van der Waals surface area contributed by atoms with E-state index in [9.17, 15) is 14.4 Å². The van der Waals surface area contributed by atoms with Crippen molar-refractivity contribution in [1.82, 2.24) is 14.8 Å². The number of nitrogens with one attached hydrogen (secondary N) is 1. The Labute approximate surface area is 205 Å². The minimum atomic E-state index is -0.606. The Kier molecular flexibility index (Phi) is 8.46. The molecule has 0 spiro atoms. The van der Waals surface area contributed by atoms with Gasteiger partial charge in [0.25, 0.3) is 0 Å². The first-order valence-corrected chi connectivity index (χ1v) is 12.4. The Morgan fingerprint density at radius 3 is 2.41 bits per heavy atom. The van der Waals surface area contributed by atoms with Gasteiger partial charge in [-0.2, -0.15) is 0 Å². The van der Waals surface area contributed by atoms with E-state index < -0.39 is 11.9 Å². The minimum absolute atomic E-state index is 0.0354. The van der Waals surface area contributed by atoms with Gasteiger partial charge in [0.15, 0.2) is 11.0 Å². The molecule has 2 aromatic heterocycles. The molecule has 0 atom stereocenters. The Hall–Kier alpha value is -3.18. The zero-order chi connectivity index (χ0) is 24.8. The molecule has 34 heavy (non-hydrogen) atoms. The molecule has 0 aliphatic heterocycles. The summed E-state index contributed by atoms with van der Waals surface area (Å²) in [6.07, 6.45) is 0. The zero-order valence-corrected chi connectivity index (χ0v) is 21.3. The van der Waals surface area contributed by atoms with Gasteiger partial charge in [0, 0.05) is 12.6 Å². The van der Waals surface area contributed by atoms with Crippen LogP contribution in [0.2, 0.25) is 0 Å². The summed E-state index contributed by atoms with van der Waals surface area (Å²) < 4.78 is 12.0. The van der Waals surface area contributed by atoms with E-state index in [1.54, 1.807) is 20.8 Å². The summed E-state index contributed by atoms with van der Waals surface area (Å²) in [4.78, 5) is 37.8. The average molecular weight is 503 g/mol. The van der Waals surface area contributed by atoms with Gasteiger partial charge in [-0.25, -0.2) is 9.59 Å². The first-order chi connectivity index (χ1) is 16.3. The van der Waals surface area contributed by atoms with E-state index in [1.165, 1.54) is 11.8 Å². The molecule has 1 aromatic carbocycles. The molecular weight excluding hydrogens is 476 g/mol. The first kappa shape index (κ1) is 25.4. The minimum Gasteiger partial charge on any atom is -0.462 e. The maximum Gasteiger partial charge on any atom is 0.348 e. The number of aryl methyl sites for hydroxylation is 1. The lowest BCUT2D eigenvalue weighted by Gasteiger charge is -2.08. The normalized spacial score (nSPS) is 10.7.